The number of nitrogens with zero attached hydrogens (tertiary/aromatic N) is 3. The van der Waals surface area contributed by atoms with Crippen LogP contribution >= 0.6 is 11.8 Å². The monoisotopic (exact) mass is 320 g/mol. The first-order valence-corrected chi connectivity index (χ1v) is 7.90. The van der Waals surface area contributed by atoms with E-state index in [4.69, 9.17) is 0 Å². The van der Waals surface area contributed by atoms with E-state index in [9.17, 15) is 4.79 Å². The zero-order chi connectivity index (χ0) is 15.6. The first-order chi connectivity index (χ1) is 11.3. The van der Waals surface area contributed by atoms with E-state index in [2.05, 4.69) is 15.3 Å². The van der Waals surface area contributed by atoms with Gasteiger partial charge >= 0.3 is 5.56 Å². The van der Waals surface area contributed by atoms with Crippen LogP contribution in [0.2, 0.25) is 0 Å². The molecule has 2 heterocycles. The zero-order valence-corrected chi connectivity index (χ0v) is 12.8. The number of hydrogen-bond donors (Lipinski definition) is 1. The first kappa shape index (κ1) is 13.8. The first-order valence-electron chi connectivity index (χ1n) is 7.08. The molecule has 1 N–H and O–H groups in total. The minimum atomic E-state index is -0.203. The third kappa shape index (κ3) is 2.64. The molecule has 23 heavy (non-hydrogen) atoms. The Morgan fingerprint density at radius 2 is 1.61 bits per heavy atom. The molecule has 112 valence electrons. The molecule has 2 aromatic heterocycles. The van der Waals surface area contributed by atoms with Crippen LogP contribution in [0.5, 0.6) is 0 Å². The Kier molecular flexibility index (Phi) is 3.44. The molecule has 0 radical (unpaired) electrons. The Bertz CT molecular complexity index is 1010. The van der Waals surface area contributed by atoms with E-state index in [1.165, 1.54) is 16.3 Å². The quantitative estimate of drug-likeness (QED) is 0.629. The number of hydrogen-bond acceptors (Lipinski definition) is 4. The van der Waals surface area contributed by atoms with Gasteiger partial charge < -0.3 is 0 Å². The van der Waals surface area contributed by atoms with Crippen LogP contribution in [0.25, 0.3) is 16.9 Å². The predicted molar refractivity (Wildman–Crippen MR) is 89.6 cm³/mol. The van der Waals surface area contributed by atoms with Gasteiger partial charge in [-0.1, -0.05) is 60.3 Å². The van der Waals surface area contributed by atoms with E-state index in [1.54, 1.807) is 0 Å². The number of aromatic amines is 1. The van der Waals surface area contributed by atoms with Crippen molar-refractivity contribution in [2.45, 2.75) is 9.92 Å². The third-order valence-electron chi connectivity index (χ3n) is 3.41. The van der Waals surface area contributed by atoms with Gasteiger partial charge in [0.25, 0.3) is 0 Å². The van der Waals surface area contributed by atoms with E-state index in [-0.39, 0.29) is 5.56 Å². The molecule has 0 unspecified atom stereocenters. The Balaban J connectivity index is 1.78. The summed E-state index contributed by atoms with van der Waals surface area (Å²) in [5.74, 6) is 0. The van der Waals surface area contributed by atoms with Gasteiger partial charge in [0.2, 0.25) is 0 Å². The molecule has 0 bridgehead atoms. The fourth-order valence-corrected chi connectivity index (χ4v) is 3.07. The van der Waals surface area contributed by atoms with Crippen molar-refractivity contribution >= 4 is 17.4 Å². The molecule has 5 nitrogen and oxygen atoms in total. The van der Waals surface area contributed by atoms with Crippen LogP contribution in [-0.4, -0.2) is 19.8 Å². The highest BCUT2D eigenvalue weighted by atomic mass is 32.2. The maximum absolute atomic E-state index is 12.6. The number of fused-ring (bicyclic) bond motifs is 1. The van der Waals surface area contributed by atoms with Gasteiger partial charge in [-0.15, -0.1) is 10.2 Å². The van der Waals surface area contributed by atoms with Crippen LogP contribution in [0, 0.1) is 0 Å². The molecular formula is C17H12N4OS. The average molecular weight is 320 g/mol. The summed E-state index contributed by atoms with van der Waals surface area (Å²) < 4.78 is 1.43. The molecule has 0 aliphatic rings. The third-order valence-corrected chi connectivity index (χ3v) is 4.36. The highest BCUT2D eigenvalue weighted by Crippen LogP contribution is 2.23. The summed E-state index contributed by atoms with van der Waals surface area (Å²) >= 11 is 1.31. The summed E-state index contributed by atoms with van der Waals surface area (Å²) in [5, 5.41) is 11.7. The summed E-state index contributed by atoms with van der Waals surface area (Å²) in [5.41, 5.74) is 2.13. The van der Waals surface area contributed by atoms with Crippen molar-refractivity contribution < 1.29 is 0 Å². The molecular weight excluding hydrogens is 308 g/mol. The van der Waals surface area contributed by atoms with Crippen LogP contribution < -0.4 is 5.56 Å². The molecule has 2 aromatic carbocycles. The van der Waals surface area contributed by atoms with Gasteiger partial charge in [0.15, 0.2) is 10.7 Å². The molecule has 4 rings (SSSR count). The van der Waals surface area contributed by atoms with Crippen LogP contribution in [-0.2, 0) is 0 Å². The van der Waals surface area contributed by atoms with E-state index < -0.39 is 0 Å². The minimum Gasteiger partial charge on any atom is -0.289 e. The van der Waals surface area contributed by atoms with Crippen LogP contribution in [0.15, 0.2) is 81.4 Å². The van der Waals surface area contributed by atoms with Crippen LogP contribution in [0.1, 0.15) is 0 Å². The number of rotatable bonds is 3. The van der Waals surface area contributed by atoms with Crippen molar-refractivity contribution in [2.75, 3.05) is 0 Å². The molecule has 0 saturated carbocycles. The van der Waals surface area contributed by atoms with E-state index >= 15 is 0 Å². The van der Waals surface area contributed by atoms with E-state index in [0.717, 1.165) is 16.2 Å². The molecule has 0 amide bonds. The highest BCUT2D eigenvalue weighted by molar-refractivity contribution is 7.99. The summed E-state index contributed by atoms with van der Waals surface area (Å²) in [6.45, 7) is 0. The lowest BCUT2D eigenvalue weighted by Gasteiger charge is -1.99. The summed E-state index contributed by atoms with van der Waals surface area (Å²) in [7, 11) is 0. The van der Waals surface area contributed by atoms with Crippen LogP contribution in [0.3, 0.4) is 0 Å². The molecule has 6 heteroatoms. The Morgan fingerprint density at radius 3 is 2.35 bits per heavy atom. The Hall–Kier alpha value is -2.86. The lowest BCUT2D eigenvalue weighted by atomic mass is 10.2. The fourth-order valence-electron chi connectivity index (χ4n) is 2.30. The predicted octanol–water partition coefficient (Wildman–Crippen LogP) is 3.24. The van der Waals surface area contributed by atoms with Gasteiger partial charge in [-0.05, 0) is 17.7 Å². The van der Waals surface area contributed by atoms with Gasteiger partial charge in [-0.3, -0.25) is 9.89 Å². The Labute approximate surface area is 136 Å². The fraction of sp³-hybridized carbons (Fsp3) is 0. The summed E-state index contributed by atoms with van der Waals surface area (Å²) in [4.78, 5) is 13.5. The largest absolute Gasteiger partial charge is 0.305 e. The van der Waals surface area contributed by atoms with Gasteiger partial charge in [0, 0.05) is 11.0 Å². The highest BCUT2D eigenvalue weighted by Gasteiger charge is 2.11. The second-order valence-corrected chi connectivity index (χ2v) is 6.02. The minimum absolute atomic E-state index is 0.203. The standard InChI is InChI=1S/C17H12N4OS/c22-17-16(23-13-9-5-2-6-10-13)19-18-15-11-14(20-21(15)17)12-7-3-1-4-8-12/h1-11,20H. The van der Waals surface area contributed by atoms with Crippen molar-refractivity contribution in [3.63, 3.8) is 0 Å². The van der Waals surface area contributed by atoms with Crippen molar-refractivity contribution in [3.8, 4) is 11.3 Å². The topological polar surface area (TPSA) is 63.0 Å². The van der Waals surface area contributed by atoms with Crippen LogP contribution in [0.4, 0.5) is 0 Å². The number of aromatic nitrogens is 4. The number of benzene rings is 2. The zero-order valence-electron chi connectivity index (χ0n) is 12.0. The Morgan fingerprint density at radius 1 is 0.913 bits per heavy atom. The average Bonchev–Trinajstić information content (AvgIpc) is 3.04. The van der Waals surface area contributed by atoms with Gasteiger partial charge in [-0.25, -0.2) is 0 Å². The molecule has 0 atom stereocenters. The second kappa shape index (κ2) is 5.73. The number of H-pyrrole nitrogens is 1. The number of nitrogens with one attached hydrogen (secondary N) is 1. The molecule has 0 saturated heterocycles. The summed E-state index contributed by atoms with van der Waals surface area (Å²) in [6.07, 6.45) is 0. The molecule has 0 fully saturated rings. The SMILES string of the molecule is O=c1c(Sc2ccccc2)nnc2cc(-c3ccccc3)[nH]n12. The van der Waals surface area contributed by atoms with E-state index in [0.29, 0.717) is 10.7 Å². The molecule has 4 aromatic rings. The smallest absolute Gasteiger partial charge is 0.289 e. The van der Waals surface area contributed by atoms with Crippen molar-refractivity contribution in [1.82, 2.24) is 19.8 Å². The van der Waals surface area contributed by atoms with Crippen molar-refractivity contribution in [1.29, 1.82) is 0 Å². The van der Waals surface area contributed by atoms with Gasteiger partial charge in [-0.2, -0.15) is 4.52 Å². The molecule has 0 aliphatic heterocycles. The van der Waals surface area contributed by atoms with Gasteiger partial charge in [0.05, 0.1) is 5.69 Å². The van der Waals surface area contributed by atoms with Crippen molar-refractivity contribution in [3.05, 3.63) is 77.1 Å². The summed E-state index contributed by atoms with van der Waals surface area (Å²) in [6, 6.07) is 21.3. The van der Waals surface area contributed by atoms with Gasteiger partial charge in [0.1, 0.15) is 0 Å². The lowest BCUT2D eigenvalue weighted by molar-refractivity contribution is 0.789. The molecule has 0 aliphatic carbocycles. The second-order valence-electron chi connectivity index (χ2n) is 4.95. The molecule has 0 spiro atoms. The lowest BCUT2D eigenvalue weighted by Crippen LogP contribution is -2.18. The normalized spacial score (nSPS) is 11.0. The van der Waals surface area contributed by atoms with Crippen molar-refractivity contribution in [2.24, 2.45) is 0 Å². The maximum Gasteiger partial charge on any atom is 0.305 e. The maximum atomic E-state index is 12.6. The van der Waals surface area contributed by atoms with E-state index in [1.807, 2.05) is 66.7 Å².